The molecule has 0 aliphatic carbocycles. The fourth-order valence-corrected chi connectivity index (χ4v) is 2.39. The van der Waals surface area contributed by atoms with Crippen LogP contribution in [-0.4, -0.2) is 18.0 Å². The number of guanidine groups is 1. The van der Waals surface area contributed by atoms with E-state index in [1.807, 2.05) is 24.3 Å². The first-order chi connectivity index (χ1) is 13.2. The van der Waals surface area contributed by atoms with Gasteiger partial charge in [-0.25, -0.2) is 9.37 Å². The number of hydrogen-bond donors (Lipinski definition) is 2. The van der Waals surface area contributed by atoms with Gasteiger partial charge in [-0.1, -0.05) is 36.4 Å². The first kappa shape index (κ1) is 18.4. The lowest BCUT2D eigenvalue weighted by Crippen LogP contribution is -2.36. The van der Waals surface area contributed by atoms with E-state index in [1.165, 1.54) is 17.7 Å². The third-order valence-electron chi connectivity index (χ3n) is 3.82. The molecule has 27 heavy (non-hydrogen) atoms. The molecule has 0 spiro atoms. The highest BCUT2D eigenvalue weighted by molar-refractivity contribution is 5.79. The maximum absolute atomic E-state index is 12.9. The van der Waals surface area contributed by atoms with E-state index in [1.54, 1.807) is 31.4 Å². The van der Waals surface area contributed by atoms with Gasteiger partial charge in [-0.2, -0.15) is 0 Å². The van der Waals surface area contributed by atoms with E-state index >= 15 is 0 Å². The predicted octanol–water partition coefficient (Wildman–Crippen LogP) is 3.88. The number of ether oxygens (including phenoxy) is 1. The summed E-state index contributed by atoms with van der Waals surface area (Å²) >= 11 is 0. The van der Waals surface area contributed by atoms with Gasteiger partial charge < -0.3 is 15.4 Å². The van der Waals surface area contributed by atoms with Gasteiger partial charge in [-0.3, -0.25) is 4.99 Å². The summed E-state index contributed by atoms with van der Waals surface area (Å²) in [6.45, 7) is 1.28. The summed E-state index contributed by atoms with van der Waals surface area (Å²) in [5, 5.41) is 6.52. The molecule has 0 saturated carbocycles. The van der Waals surface area contributed by atoms with Crippen LogP contribution in [0, 0.1) is 5.82 Å². The van der Waals surface area contributed by atoms with Gasteiger partial charge in [0.05, 0.1) is 0 Å². The summed E-state index contributed by atoms with van der Waals surface area (Å²) < 4.78 is 18.5. The largest absolute Gasteiger partial charge is 0.439 e. The van der Waals surface area contributed by atoms with Crippen LogP contribution in [0.3, 0.4) is 0 Å². The molecule has 2 N–H and O–H groups in total. The molecule has 3 aromatic rings. The molecule has 3 rings (SSSR count). The second-order valence-corrected chi connectivity index (χ2v) is 5.83. The molecule has 0 fully saturated rings. The minimum atomic E-state index is -0.300. The third kappa shape index (κ3) is 5.81. The fraction of sp³-hybridized carbons (Fsp3) is 0.143. The molecule has 0 aliphatic heterocycles. The Morgan fingerprint density at radius 1 is 0.926 bits per heavy atom. The molecule has 0 saturated heterocycles. The topological polar surface area (TPSA) is 58.5 Å². The zero-order valence-electron chi connectivity index (χ0n) is 15.0. The van der Waals surface area contributed by atoms with Crippen LogP contribution < -0.4 is 15.4 Å². The smallest absolute Gasteiger partial charge is 0.219 e. The van der Waals surface area contributed by atoms with Crippen molar-refractivity contribution in [2.45, 2.75) is 13.1 Å². The molecular weight excluding hydrogens is 343 g/mol. The van der Waals surface area contributed by atoms with Crippen molar-refractivity contribution in [3.63, 3.8) is 0 Å². The number of pyridine rings is 1. The van der Waals surface area contributed by atoms with Crippen molar-refractivity contribution in [2.24, 2.45) is 4.99 Å². The summed E-state index contributed by atoms with van der Waals surface area (Å²) in [6, 6.07) is 19.7. The lowest BCUT2D eigenvalue weighted by molar-refractivity contribution is 0.461. The Morgan fingerprint density at radius 3 is 2.26 bits per heavy atom. The normalized spacial score (nSPS) is 11.1. The molecule has 1 aromatic heterocycles. The van der Waals surface area contributed by atoms with E-state index in [9.17, 15) is 4.39 Å². The molecule has 6 heteroatoms. The van der Waals surface area contributed by atoms with E-state index in [2.05, 4.69) is 32.7 Å². The van der Waals surface area contributed by atoms with E-state index in [-0.39, 0.29) is 5.82 Å². The van der Waals surface area contributed by atoms with Crippen LogP contribution in [0.25, 0.3) is 0 Å². The Balaban J connectivity index is 1.49. The summed E-state index contributed by atoms with van der Waals surface area (Å²) in [5.41, 5.74) is 2.17. The molecule has 0 aliphatic rings. The zero-order chi connectivity index (χ0) is 18.9. The Kier molecular flexibility index (Phi) is 6.35. The van der Waals surface area contributed by atoms with Crippen LogP contribution in [0.1, 0.15) is 11.1 Å². The van der Waals surface area contributed by atoms with Crippen LogP contribution in [0.2, 0.25) is 0 Å². The lowest BCUT2D eigenvalue weighted by Gasteiger charge is -2.12. The molecule has 2 aromatic carbocycles. The van der Waals surface area contributed by atoms with Gasteiger partial charge in [0.2, 0.25) is 5.88 Å². The number of halogens is 1. The first-order valence-electron chi connectivity index (χ1n) is 8.60. The molecule has 138 valence electrons. The molecule has 1 heterocycles. The molecule has 0 atom stereocenters. The van der Waals surface area contributed by atoms with Crippen molar-refractivity contribution in [2.75, 3.05) is 7.05 Å². The molecule has 5 nitrogen and oxygen atoms in total. The molecular formula is C21H21FN4O. The number of benzene rings is 2. The van der Waals surface area contributed by atoms with Crippen molar-refractivity contribution < 1.29 is 9.13 Å². The Morgan fingerprint density at radius 2 is 1.63 bits per heavy atom. The summed E-state index contributed by atoms with van der Waals surface area (Å²) in [6.07, 6.45) is 1.73. The van der Waals surface area contributed by atoms with Crippen LogP contribution in [-0.2, 0) is 13.1 Å². The SMILES string of the molecule is CN=C(NCc1ccccc1)NCc1ccc(Oc2ccc(F)cc2)nc1. The van der Waals surface area contributed by atoms with Gasteiger partial charge in [0.15, 0.2) is 5.96 Å². The molecule has 0 bridgehead atoms. The first-order valence-corrected chi connectivity index (χ1v) is 8.60. The Hall–Kier alpha value is -3.41. The fourth-order valence-electron chi connectivity index (χ4n) is 2.39. The van der Waals surface area contributed by atoms with Gasteiger partial charge in [0, 0.05) is 32.4 Å². The summed E-state index contributed by atoms with van der Waals surface area (Å²) in [4.78, 5) is 8.49. The van der Waals surface area contributed by atoms with Crippen LogP contribution >= 0.6 is 0 Å². The average molecular weight is 364 g/mol. The number of aromatic nitrogens is 1. The molecule has 0 radical (unpaired) electrons. The number of nitrogens with one attached hydrogen (secondary N) is 2. The molecule has 0 unspecified atom stereocenters. The minimum absolute atomic E-state index is 0.300. The van der Waals surface area contributed by atoms with Gasteiger partial charge >= 0.3 is 0 Å². The monoisotopic (exact) mass is 364 g/mol. The lowest BCUT2D eigenvalue weighted by atomic mass is 10.2. The Labute approximate surface area is 157 Å². The highest BCUT2D eigenvalue weighted by Crippen LogP contribution is 2.19. The van der Waals surface area contributed by atoms with Crippen molar-refractivity contribution in [3.8, 4) is 11.6 Å². The Bertz CT molecular complexity index is 865. The number of hydrogen-bond acceptors (Lipinski definition) is 3. The van der Waals surface area contributed by atoms with Crippen molar-refractivity contribution in [1.82, 2.24) is 15.6 Å². The van der Waals surface area contributed by atoms with Crippen LogP contribution in [0.15, 0.2) is 77.9 Å². The quantitative estimate of drug-likeness (QED) is 0.515. The maximum atomic E-state index is 12.9. The van der Waals surface area contributed by atoms with Crippen molar-refractivity contribution >= 4 is 5.96 Å². The number of rotatable bonds is 6. The number of aliphatic imine (C=N–C) groups is 1. The van der Waals surface area contributed by atoms with E-state index in [0.717, 1.165) is 5.56 Å². The van der Waals surface area contributed by atoms with Crippen LogP contribution in [0.4, 0.5) is 4.39 Å². The summed E-state index contributed by atoms with van der Waals surface area (Å²) in [5.74, 6) is 1.41. The zero-order valence-corrected chi connectivity index (χ0v) is 15.0. The maximum Gasteiger partial charge on any atom is 0.219 e. The van der Waals surface area contributed by atoms with Gasteiger partial charge in [0.1, 0.15) is 11.6 Å². The van der Waals surface area contributed by atoms with E-state index < -0.39 is 0 Å². The van der Waals surface area contributed by atoms with Crippen molar-refractivity contribution in [3.05, 3.63) is 89.9 Å². The van der Waals surface area contributed by atoms with E-state index in [0.29, 0.717) is 30.7 Å². The standard InChI is InChI=1S/C21H21FN4O/c1-23-21(25-13-16-5-3-2-4-6-16)26-15-17-7-12-20(24-14-17)27-19-10-8-18(22)9-11-19/h2-12,14H,13,15H2,1H3,(H2,23,25,26). The number of nitrogens with zero attached hydrogens (tertiary/aromatic N) is 2. The van der Waals surface area contributed by atoms with Crippen molar-refractivity contribution in [1.29, 1.82) is 0 Å². The second-order valence-electron chi connectivity index (χ2n) is 5.83. The third-order valence-corrected chi connectivity index (χ3v) is 3.82. The highest BCUT2D eigenvalue weighted by Gasteiger charge is 2.02. The highest BCUT2D eigenvalue weighted by atomic mass is 19.1. The average Bonchev–Trinajstić information content (AvgIpc) is 2.72. The van der Waals surface area contributed by atoms with E-state index in [4.69, 9.17) is 4.74 Å². The second kappa shape index (κ2) is 9.33. The molecule has 0 amide bonds. The summed E-state index contributed by atoms with van der Waals surface area (Å²) in [7, 11) is 1.73. The van der Waals surface area contributed by atoms with Gasteiger partial charge in [-0.15, -0.1) is 0 Å². The minimum Gasteiger partial charge on any atom is -0.439 e. The van der Waals surface area contributed by atoms with Crippen LogP contribution in [0.5, 0.6) is 11.6 Å². The van der Waals surface area contributed by atoms with Gasteiger partial charge in [0.25, 0.3) is 0 Å². The predicted molar refractivity (Wildman–Crippen MR) is 104 cm³/mol. The van der Waals surface area contributed by atoms with Gasteiger partial charge in [-0.05, 0) is 35.4 Å².